The van der Waals surface area contributed by atoms with Crippen LogP contribution in [0.3, 0.4) is 0 Å². The number of hydrogen-bond acceptors (Lipinski definition) is 1. The zero-order chi connectivity index (χ0) is 14.7. The number of halogens is 1. The van der Waals surface area contributed by atoms with Gasteiger partial charge in [-0.05, 0) is 65.1 Å². The minimum atomic E-state index is 0.171. The van der Waals surface area contributed by atoms with Gasteiger partial charge in [-0.25, -0.2) is 0 Å². The predicted molar refractivity (Wildman–Crippen MR) is 94.3 cm³/mol. The Balaban J connectivity index is 2.00. The summed E-state index contributed by atoms with van der Waals surface area (Å²) in [5, 5.41) is 0. The van der Waals surface area contributed by atoms with E-state index in [1.54, 1.807) is 0 Å². The average molecular weight is 391 g/mol. The Morgan fingerprint density at radius 3 is 2.19 bits per heavy atom. The molecule has 2 aromatic carbocycles. The third-order valence-corrected chi connectivity index (χ3v) is 4.91. The molecule has 108 valence electrons. The Bertz CT molecular complexity index is 647. The highest BCUT2D eigenvalue weighted by Gasteiger charge is 2.21. The van der Waals surface area contributed by atoms with E-state index in [0.29, 0.717) is 0 Å². The molecule has 3 heteroatoms. The lowest BCUT2D eigenvalue weighted by atomic mass is 9.98. The summed E-state index contributed by atoms with van der Waals surface area (Å²) in [5.74, 6) is 0.171. The van der Waals surface area contributed by atoms with E-state index in [1.165, 1.54) is 9.99 Å². The van der Waals surface area contributed by atoms with Crippen LogP contribution in [0.4, 0.5) is 0 Å². The van der Waals surface area contributed by atoms with Gasteiger partial charge in [0.1, 0.15) is 0 Å². The third kappa shape index (κ3) is 3.12. The van der Waals surface area contributed by atoms with Crippen LogP contribution in [0.1, 0.15) is 29.6 Å². The molecule has 0 spiro atoms. The van der Waals surface area contributed by atoms with Crippen molar-refractivity contribution in [2.45, 2.75) is 19.3 Å². The molecule has 1 amide bonds. The number of likely N-dealkylation sites (tertiary alicyclic amines) is 1. The monoisotopic (exact) mass is 391 g/mol. The SMILES string of the molecule is O=C(c1ccccc1-c1ccccc1I)N1CCCCC1. The molecule has 0 N–H and O–H groups in total. The quantitative estimate of drug-likeness (QED) is 0.687. The molecule has 0 radical (unpaired) electrons. The Labute approximate surface area is 139 Å². The molecule has 0 aliphatic carbocycles. The molecule has 1 saturated heterocycles. The van der Waals surface area contributed by atoms with Gasteiger partial charge in [0.05, 0.1) is 0 Å². The van der Waals surface area contributed by atoms with E-state index in [0.717, 1.165) is 42.6 Å². The number of nitrogens with zero attached hydrogens (tertiary/aromatic N) is 1. The summed E-state index contributed by atoms with van der Waals surface area (Å²) >= 11 is 2.33. The maximum Gasteiger partial charge on any atom is 0.254 e. The number of benzene rings is 2. The largest absolute Gasteiger partial charge is 0.339 e. The van der Waals surface area contributed by atoms with Gasteiger partial charge in [-0.1, -0.05) is 36.4 Å². The Morgan fingerprint density at radius 2 is 1.48 bits per heavy atom. The summed E-state index contributed by atoms with van der Waals surface area (Å²) in [7, 11) is 0. The van der Waals surface area contributed by atoms with Crippen LogP contribution >= 0.6 is 22.6 Å². The second-order valence-electron chi connectivity index (χ2n) is 5.38. The lowest BCUT2D eigenvalue weighted by Crippen LogP contribution is -2.35. The summed E-state index contributed by atoms with van der Waals surface area (Å²) < 4.78 is 1.17. The molecule has 1 fully saturated rings. The molecule has 3 rings (SSSR count). The normalized spacial score (nSPS) is 15.0. The predicted octanol–water partition coefficient (Wildman–Crippen LogP) is 4.58. The fourth-order valence-electron chi connectivity index (χ4n) is 2.85. The van der Waals surface area contributed by atoms with Crippen LogP contribution in [0.15, 0.2) is 48.5 Å². The van der Waals surface area contributed by atoms with Crippen molar-refractivity contribution in [2.24, 2.45) is 0 Å². The van der Waals surface area contributed by atoms with Crippen LogP contribution in [-0.4, -0.2) is 23.9 Å². The number of carbonyl (C=O) groups is 1. The molecule has 0 unspecified atom stereocenters. The summed E-state index contributed by atoms with van der Waals surface area (Å²) in [6.07, 6.45) is 3.48. The first kappa shape index (κ1) is 14.6. The maximum absolute atomic E-state index is 12.8. The first-order chi connectivity index (χ1) is 10.3. The first-order valence-corrected chi connectivity index (χ1v) is 8.48. The summed E-state index contributed by atoms with van der Waals surface area (Å²) in [4.78, 5) is 14.8. The van der Waals surface area contributed by atoms with E-state index in [2.05, 4.69) is 40.8 Å². The van der Waals surface area contributed by atoms with Crippen LogP contribution in [0.25, 0.3) is 11.1 Å². The lowest BCUT2D eigenvalue weighted by Gasteiger charge is -2.27. The molecule has 0 saturated carbocycles. The van der Waals surface area contributed by atoms with E-state index >= 15 is 0 Å². The molecule has 0 aromatic heterocycles. The van der Waals surface area contributed by atoms with Crippen LogP contribution in [0.2, 0.25) is 0 Å². The Kier molecular flexibility index (Phi) is 4.58. The molecular formula is C18H18INO. The van der Waals surface area contributed by atoms with Gasteiger partial charge in [0, 0.05) is 22.2 Å². The Hall–Kier alpha value is -1.36. The zero-order valence-corrected chi connectivity index (χ0v) is 14.0. The fourth-order valence-corrected chi connectivity index (χ4v) is 3.53. The Morgan fingerprint density at radius 1 is 0.857 bits per heavy atom. The second-order valence-corrected chi connectivity index (χ2v) is 6.54. The number of hydrogen-bond donors (Lipinski definition) is 0. The minimum Gasteiger partial charge on any atom is -0.339 e. The highest BCUT2D eigenvalue weighted by atomic mass is 127. The summed E-state index contributed by atoms with van der Waals surface area (Å²) in [5.41, 5.74) is 3.00. The van der Waals surface area contributed by atoms with E-state index < -0.39 is 0 Å². The minimum absolute atomic E-state index is 0.171. The standard InChI is InChI=1S/C18H18INO/c19-17-11-5-4-9-15(17)14-8-2-3-10-16(14)18(21)20-12-6-1-7-13-20/h2-5,8-11H,1,6-7,12-13H2. The summed E-state index contributed by atoms with van der Waals surface area (Å²) in [6, 6.07) is 16.2. The van der Waals surface area contributed by atoms with E-state index in [-0.39, 0.29) is 5.91 Å². The molecule has 0 atom stereocenters. The van der Waals surface area contributed by atoms with E-state index in [1.807, 2.05) is 35.2 Å². The van der Waals surface area contributed by atoms with Crippen LogP contribution in [0, 0.1) is 3.57 Å². The van der Waals surface area contributed by atoms with Gasteiger partial charge in [-0.2, -0.15) is 0 Å². The zero-order valence-electron chi connectivity index (χ0n) is 11.9. The van der Waals surface area contributed by atoms with Crippen molar-refractivity contribution in [3.05, 3.63) is 57.7 Å². The smallest absolute Gasteiger partial charge is 0.254 e. The average Bonchev–Trinajstić information content (AvgIpc) is 2.55. The van der Waals surface area contributed by atoms with Crippen molar-refractivity contribution >= 4 is 28.5 Å². The number of piperidine rings is 1. The molecular weight excluding hydrogens is 373 g/mol. The number of amides is 1. The van der Waals surface area contributed by atoms with E-state index in [9.17, 15) is 4.79 Å². The first-order valence-electron chi connectivity index (χ1n) is 7.40. The van der Waals surface area contributed by atoms with Gasteiger partial charge in [0.2, 0.25) is 0 Å². The molecule has 1 aliphatic rings. The summed E-state index contributed by atoms with van der Waals surface area (Å²) in [6.45, 7) is 1.78. The topological polar surface area (TPSA) is 20.3 Å². The number of rotatable bonds is 2. The number of carbonyl (C=O) groups excluding carboxylic acids is 1. The van der Waals surface area contributed by atoms with Gasteiger partial charge in [-0.3, -0.25) is 4.79 Å². The van der Waals surface area contributed by atoms with Crippen molar-refractivity contribution in [3.63, 3.8) is 0 Å². The molecule has 21 heavy (non-hydrogen) atoms. The molecule has 1 aliphatic heterocycles. The van der Waals surface area contributed by atoms with Crippen LogP contribution < -0.4 is 0 Å². The van der Waals surface area contributed by atoms with Crippen LogP contribution in [-0.2, 0) is 0 Å². The van der Waals surface area contributed by atoms with Crippen molar-refractivity contribution in [3.8, 4) is 11.1 Å². The van der Waals surface area contributed by atoms with Crippen LogP contribution in [0.5, 0.6) is 0 Å². The van der Waals surface area contributed by atoms with E-state index in [4.69, 9.17) is 0 Å². The van der Waals surface area contributed by atoms with Gasteiger partial charge in [0.15, 0.2) is 0 Å². The van der Waals surface area contributed by atoms with Gasteiger partial charge in [0.25, 0.3) is 5.91 Å². The molecule has 2 nitrogen and oxygen atoms in total. The van der Waals surface area contributed by atoms with Gasteiger partial charge < -0.3 is 4.90 Å². The molecule has 0 bridgehead atoms. The van der Waals surface area contributed by atoms with Crippen molar-refractivity contribution in [1.29, 1.82) is 0 Å². The lowest BCUT2D eigenvalue weighted by molar-refractivity contribution is 0.0725. The van der Waals surface area contributed by atoms with Crippen molar-refractivity contribution in [1.82, 2.24) is 4.90 Å². The molecule has 1 heterocycles. The maximum atomic E-state index is 12.8. The second kappa shape index (κ2) is 6.60. The fraction of sp³-hybridized carbons (Fsp3) is 0.278. The van der Waals surface area contributed by atoms with Gasteiger partial charge in [-0.15, -0.1) is 0 Å². The highest BCUT2D eigenvalue weighted by molar-refractivity contribution is 14.1. The third-order valence-electron chi connectivity index (χ3n) is 3.96. The van der Waals surface area contributed by atoms with Crippen molar-refractivity contribution in [2.75, 3.05) is 13.1 Å². The molecule has 2 aromatic rings. The van der Waals surface area contributed by atoms with Gasteiger partial charge >= 0.3 is 0 Å². The van der Waals surface area contributed by atoms with Crippen molar-refractivity contribution < 1.29 is 4.79 Å². The highest BCUT2D eigenvalue weighted by Crippen LogP contribution is 2.29.